The molecule has 0 aromatic carbocycles. The minimum atomic E-state index is 0.689. The van der Waals surface area contributed by atoms with E-state index in [0.29, 0.717) is 5.92 Å². The third-order valence-electron chi connectivity index (χ3n) is 4.62. The average Bonchev–Trinajstić information content (AvgIpc) is 3.09. The van der Waals surface area contributed by atoms with Crippen molar-refractivity contribution < 1.29 is 4.52 Å². The van der Waals surface area contributed by atoms with Crippen molar-refractivity contribution in [3.05, 3.63) is 11.7 Å². The lowest BCUT2D eigenvalue weighted by molar-refractivity contribution is 0.343. The molecule has 1 saturated carbocycles. The highest BCUT2D eigenvalue weighted by Crippen LogP contribution is 2.28. The van der Waals surface area contributed by atoms with Crippen LogP contribution in [0, 0.1) is 11.8 Å². The van der Waals surface area contributed by atoms with Crippen molar-refractivity contribution in [2.24, 2.45) is 11.8 Å². The molecule has 1 atom stereocenters. The van der Waals surface area contributed by atoms with Crippen LogP contribution in [0.25, 0.3) is 0 Å². The summed E-state index contributed by atoms with van der Waals surface area (Å²) < 4.78 is 5.38. The monoisotopic (exact) mass is 263 g/mol. The largest absolute Gasteiger partial charge is 0.339 e. The van der Waals surface area contributed by atoms with Crippen LogP contribution in [-0.2, 0) is 12.8 Å². The molecule has 19 heavy (non-hydrogen) atoms. The second-order valence-electron chi connectivity index (χ2n) is 6.21. The average molecular weight is 263 g/mol. The molecule has 0 radical (unpaired) electrons. The van der Waals surface area contributed by atoms with Crippen molar-refractivity contribution in [1.29, 1.82) is 0 Å². The number of hydrogen-bond acceptors (Lipinski definition) is 4. The highest BCUT2D eigenvalue weighted by Gasteiger charge is 2.18. The zero-order valence-electron chi connectivity index (χ0n) is 11.7. The number of hydrogen-bond donors (Lipinski definition) is 1. The standard InChI is InChI=1S/C15H25N3O/c1-2-5-12(4-1)7-8-15-17-14(18-19-15)10-13-6-3-9-16-11-13/h12-13,16H,1-11H2. The fourth-order valence-corrected chi connectivity index (χ4v) is 3.46. The van der Waals surface area contributed by atoms with Crippen LogP contribution in [-0.4, -0.2) is 23.2 Å². The Hall–Kier alpha value is -0.900. The molecular weight excluding hydrogens is 238 g/mol. The summed E-state index contributed by atoms with van der Waals surface area (Å²) in [5, 5.41) is 7.58. The number of piperidine rings is 1. The Morgan fingerprint density at radius 2 is 1.95 bits per heavy atom. The van der Waals surface area contributed by atoms with Gasteiger partial charge in [-0.25, -0.2) is 0 Å². The maximum Gasteiger partial charge on any atom is 0.226 e. The molecule has 106 valence electrons. The minimum Gasteiger partial charge on any atom is -0.339 e. The van der Waals surface area contributed by atoms with Gasteiger partial charge in [0.25, 0.3) is 0 Å². The molecule has 1 N–H and O–H groups in total. The Morgan fingerprint density at radius 3 is 2.74 bits per heavy atom. The Morgan fingerprint density at radius 1 is 1.11 bits per heavy atom. The number of nitrogens with zero attached hydrogens (tertiary/aromatic N) is 2. The molecule has 0 spiro atoms. The second kappa shape index (κ2) is 6.51. The summed E-state index contributed by atoms with van der Waals surface area (Å²) >= 11 is 0. The minimum absolute atomic E-state index is 0.689. The molecule has 1 unspecified atom stereocenters. The predicted molar refractivity (Wildman–Crippen MR) is 73.9 cm³/mol. The van der Waals surface area contributed by atoms with Gasteiger partial charge in [-0.15, -0.1) is 0 Å². The normalized spacial score (nSPS) is 24.9. The maximum atomic E-state index is 5.38. The smallest absolute Gasteiger partial charge is 0.226 e. The van der Waals surface area contributed by atoms with Crippen molar-refractivity contribution in [3.63, 3.8) is 0 Å². The molecule has 4 heteroatoms. The first-order valence-corrected chi connectivity index (χ1v) is 7.92. The Bertz CT molecular complexity index is 378. The molecule has 1 saturated heterocycles. The number of nitrogens with one attached hydrogen (secondary N) is 1. The number of rotatable bonds is 5. The van der Waals surface area contributed by atoms with E-state index in [9.17, 15) is 0 Å². The van der Waals surface area contributed by atoms with Gasteiger partial charge in [-0.1, -0.05) is 30.8 Å². The van der Waals surface area contributed by atoms with Crippen LogP contribution in [0.1, 0.15) is 56.7 Å². The van der Waals surface area contributed by atoms with E-state index < -0.39 is 0 Å². The van der Waals surface area contributed by atoms with E-state index in [2.05, 4.69) is 15.5 Å². The summed E-state index contributed by atoms with van der Waals surface area (Å²) in [6, 6.07) is 0. The SMILES string of the molecule is C1CCC(CCc2nc(CC3CCCNC3)no2)C1. The third-order valence-corrected chi connectivity index (χ3v) is 4.62. The quantitative estimate of drug-likeness (QED) is 0.887. The van der Waals surface area contributed by atoms with E-state index in [0.717, 1.165) is 43.6 Å². The summed E-state index contributed by atoms with van der Waals surface area (Å²) in [6.45, 7) is 2.27. The van der Waals surface area contributed by atoms with Crippen LogP contribution >= 0.6 is 0 Å². The number of aromatic nitrogens is 2. The first kappa shape index (κ1) is 13.1. The Labute approximate surface area is 115 Å². The number of aryl methyl sites for hydroxylation is 1. The van der Waals surface area contributed by atoms with Crippen molar-refractivity contribution in [1.82, 2.24) is 15.5 Å². The molecule has 1 aliphatic carbocycles. The first-order valence-electron chi connectivity index (χ1n) is 7.92. The van der Waals surface area contributed by atoms with Gasteiger partial charge < -0.3 is 9.84 Å². The van der Waals surface area contributed by atoms with Crippen molar-refractivity contribution in [2.75, 3.05) is 13.1 Å². The third kappa shape index (κ3) is 3.78. The van der Waals surface area contributed by atoms with Gasteiger partial charge in [0.05, 0.1) is 0 Å². The van der Waals surface area contributed by atoms with E-state index in [1.165, 1.54) is 44.9 Å². The summed E-state index contributed by atoms with van der Waals surface area (Å²) in [5.41, 5.74) is 0. The highest BCUT2D eigenvalue weighted by molar-refractivity contribution is 4.90. The predicted octanol–water partition coefficient (Wildman–Crippen LogP) is 2.73. The molecule has 1 aromatic heterocycles. The second-order valence-corrected chi connectivity index (χ2v) is 6.21. The fourth-order valence-electron chi connectivity index (χ4n) is 3.46. The zero-order chi connectivity index (χ0) is 12.9. The van der Waals surface area contributed by atoms with Crippen LogP contribution < -0.4 is 5.32 Å². The lowest BCUT2D eigenvalue weighted by atomic mass is 9.96. The van der Waals surface area contributed by atoms with Crippen LogP contribution in [0.3, 0.4) is 0 Å². The summed E-state index contributed by atoms with van der Waals surface area (Å²) in [5.74, 6) is 3.35. The molecular formula is C15H25N3O. The van der Waals surface area contributed by atoms with Gasteiger partial charge in [-0.2, -0.15) is 4.98 Å². The van der Waals surface area contributed by atoms with Gasteiger partial charge in [0, 0.05) is 12.8 Å². The molecule has 4 nitrogen and oxygen atoms in total. The fraction of sp³-hybridized carbons (Fsp3) is 0.867. The van der Waals surface area contributed by atoms with Gasteiger partial charge >= 0.3 is 0 Å². The van der Waals surface area contributed by atoms with Crippen LogP contribution in [0.4, 0.5) is 0 Å². The van der Waals surface area contributed by atoms with Crippen molar-refractivity contribution in [2.45, 2.75) is 57.8 Å². The van der Waals surface area contributed by atoms with Crippen LogP contribution in [0.2, 0.25) is 0 Å². The lowest BCUT2D eigenvalue weighted by Gasteiger charge is -2.20. The molecule has 0 amide bonds. The maximum absolute atomic E-state index is 5.38. The molecule has 0 bridgehead atoms. The zero-order valence-corrected chi connectivity index (χ0v) is 11.7. The van der Waals surface area contributed by atoms with E-state index in [-0.39, 0.29) is 0 Å². The topological polar surface area (TPSA) is 51.0 Å². The molecule has 2 heterocycles. The Balaban J connectivity index is 1.45. The van der Waals surface area contributed by atoms with E-state index >= 15 is 0 Å². The van der Waals surface area contributed by atoms with Gasteiger partial charge in [-0.3, -0.25) is 0 Å². The molecule has 1 aliphatic heterocycles. The van der Waals surface area contributed by atoms with Gasteiger partial charge in [0.15, 0.2) is 5.82 Å². The van der Waals surface area contributed by atoms with E-state index in [1.54, 1.807) is 0 Å². The van der Waals surface area contributed by atoms with Crippen LogP contribution in [0.15, 0.2) is 4.52 Å². The highest BCUT2D eigenvalue weighted by atomic mass is 16.5. The summed E-state index contributed by atoms with van der Waals surface area (Å²) in [6.07, 6.45) is 11.4. The summed E-state index contributed by atoms with van der Waals surface area (Å²) in [7, 11) is 0. The van der Waals surface area contributed by atoms with Crippen molar-refractivity contribution in [3.8, 4) is 0 Å². The van der Waals surface area contributed by atoms with Gasteiger partial charge in [-0.05, 0) is 44.2 Å². The summed E-state index contributed by atoms with van der Waals surface area (Å²) in [4.78, 5) is 4.56. The molecule has 1 aromatic rings. The molecule has 2 fully saturated rings. The molecule has 3 rings (SSSR count). The first-order chi connectivity index (χ1) is 9.40. The van der Waals surface area contributed by atoms with Gasteiger partial charge in [0.2, 0.25) is 5.89 Å². The van der Waals surface area contributed by atoms with Crippen LogP contribution in [0.5, 0.6) is 0 Å². The van der Waals surface area contributed by atoms with Gasteiger partial charge in [0.1, 0.15) is 0 Å². The van der Waals surface area contributed by atoms with E-state index in [4.69, 9.17) is 4.52 Å². The van der Waals surface area contributed by atoms with Crippen molar-refractivity contribution >= 4 is 0 Å². The molecule has 2 aliphatic rings. The van der Waals surface area contributed by atoms with E-state index in [1.807, 2.05) is 0 Å². The Kier molecular flexibility index (Phi) is 4.49. The lowest BCUT2D eigenvalue weighted by Crippen LogP contribution is -2.31.